The van der Waals surface area contributed by atoms with Crippen LogP contribution in [0.25, 0.3) is 11.1 Å². The minimum Gasteiger partial charge on any atom is -0.493 e. The fraction of sp³-hybridized carbons (Fsp3) is 0.188. The van der Waals surface area contributed by atoms with Gasteiger partial charge in [-0.3, -0.25) is 9.59 Å². The Morgan fingerprint density at radius 3 is 1.93 bits per heavy atom. The molecule has 0 N–H and O–H groups in total. The van der Waals surface area contributed by atoms with Gasteiger partial charge in [0.05, 0.1) is 32.5 Å². The Morgan fingerprint density at radius 1 is 0.714 bits per heavy atom. The number of carbonyl (C=O) groups excluding carboxylic acids is 4. The van der Waals surface area contributed by atoms with Crippen molar-refractivity contribution in [3.8, 4) is 22.6 Å². The van der Waals surface area contributed by atoms with Crippen LogP contribution in [0.1, 0.15) is 29.6 Å². The molecule has 0 aliphatic heterocycles. The Bertz CT molecular complexity index is 1360. The van der Waals surface area contributed by atoms with E-state index in [1.807, 2.05) is 36.4 Å². The number of hydrogen-bond acceptors (Lipinski definition) is 10. The Kier molecular flexibility index (Phi) is 12.9. The van der Waals surface area contributed by atoms with Crippen molar-refractivity contribution < 1.29 is 42.9 Å². The van der Waals surface area contributed by atoms with E-state index in [1.54, 1.807) is 36.4 Å². The van der Waals surface area contributed by atoms with Crippen LogP contribution in [0.4, 0.5) is 4.79 Å². The maximum absolute atomic E-state index is 12.7. The number of thioether (sulfide) groups is 1. The fourth-order valence-electron chi connectivity index (χ4n) is 3.41. The summed E-state index contributed by atoms with van der Waals surface area (Å²) in [5.74, 6) is -0.0366. The summed E-state index contributed by atoms with van der Waals surface area (Å²) in [5.41, 5.74) is 2.35. The average molecular weight is 591 g/mol. The van der Waals surface area contributed by atoms with Gasteiger partial charge in [0.1, 0.15) is 11.5 Å². The number of carbonyl (C=O) groups is 4. The van der Waals surface area contributed by atoms with Gasteiger partial charge in [0.2, 0.25) is 5.12 Å². The molecule has 0 aliphatic rings. The minimum atomic E-state index is -0.815. The van der Waals surface area contributed by atoms with Crippen LogP contribution in [0.2, 0.25) is 0 Å². The zero-order chi connectivity index (χ0) is 30.2. The average Bonchev–Trinajstić information content (AvgIpc) is 3.00. The quantitative estimate of drug-likeness (QED) is 0.0357. The van der Waals surface area contributed by atoms with Gasteiger partial charge >= 0.3 is 18.1 Å². The first kappa shape index (κ1) is 31.7. The van der Waals surface area contributed by atoms with E-state index in [9.17, 15) is 19.2 Å². The molecule has 0 radical (unpaired) electrons. The van der Waals surface area contributed by atoms with Crippen molar-refractivity contribution in [2.75, 3.05) is 19.8 Å². The molecule has 0 atom stereocenters. The van der Waals surface area contributed by atoms with E-state index in [-0.39, 0.29) is 31.4 Å². The van der Waals surface area contributed by atoms with E-state index >= 15 is 0 Å². The number of hydrogen-bond donors (Lipinski definition) is 0. The molecule has 10 heteroatoms. The van der Waals surface area contributed by atoms with Gasteiger partial charge in [0.15, 0.2) is 0 Å². The zero-order valence-electron chi connectivity index (χ0n) is 22.8. The van der Waals surface area contributed by atoms with Gasteiger partial charge in [0, 0.05) is 16.5 Å². The lowest BCUT2D eigenvalue weighted by atomic mass is 10.1. The molecule has 0 fully saturated rings. The molecule has 218 valence electrons. The number of benzene rings is 3. The number of esters is 2. The van der Waals surface area contributed by atoms with E-state index < -0.39 is 18.1 Å². The molecular formula is C32H30O9S. The molecule has 0 spiro atoms. The fourth-order valence-corrected chi connectivity index (χ4v) is 4.15. The van der Waals surface area contributed by atoms with Crippen LogP contribution in [-0.2, 0) is 23.8 Å². The van der Waals surface area contributed by atoms with E-state index in [4.69, 9.17) is 18.9 Å². The molecule has 0 amide bonds. The van der Waals surface area contributed by atoms with Crippen LogP contribution in [0.3, 0.4) is 0 Å². The molecule has 3 aromatic carbocycles. The number of unbranched alkanes of at least 4 members (excludes halogenated alkanes) is 1. The van der Waals surface area contributed by atoms with Crippen molar-refractivity contribution in [3.05, 3.63) is 104 Å². The summed E-state index contributed by atoms with van der Waals surface area (Å²) in [6.45, 7) is 7.16. The molecule has 0 aromatic heterocycles. The Hall–Kier alpha value is -4.83. The second-order valence-electron chi connectivity index (χ2n) is 8.50. The maximum Gasteiger partial charge on any atom is 0.513 e. The molecule has 0 bridgehead atoms. The lowest BCUT2D eigenvalue weighted by molar-refractivity contribution is -0.139. The summed E-state index contributed by atoms with van der Waals surface area (Å²) in [6, 6.07) is 21.2. The van der Waals surface area contributed by atoms with Gasteiger partial charge in [-0.15, -0.1) is 0 Å². The molecule has 0 heterocycles. The second kappa shape index (κ2) is 17.1. The van der Waals surface area contributed by atoms with E-state index in [1.165, 1.54) is 0 Å². The van der Waals surface area contributed by atoms with Crippen molar-refractivity contribution in [1.29, 1.82) is 0 Å². The predicted molar refractivity (Wildman–Crippen MR) is 157 cm³/mol. The number of ether oxygens (including phenoxy) is 5. The molecule has 0 aliphatic carbocycles. The van der Waals surface area contributed by atoms with Crippen molar-refractivity contribution in [1.82, 2.24) is 0 Å². The monoisotopic (exact) mass is 590 g/mol. The third kappa shape index (κ3) is 11.0. The standard InChI is InChI=1S/C32H30O9S/c1-3-29(33)39-20-5-6-21-40-32(36)41-27-15-7-23(8-16-27)24-11-17-28(18-12-24)42-31(35)25-9-13-26(14-10-25)38-22-19-30(34)37-4-2/h3-4,7-18H,1-2,5-6,19-22H2. The smallest absolute Gasteiger partial charge is 0.493 e. The van der Waals surface area contributed by atoms with Crippen molar-refractivity contribution >= 4 is 35.0 Å². The normalized spacial score (nSPS) is 10.2. The van der Waals surface area contributed by atoms with E-state index in [0.29, 0.717) is 29.9 Å². The highest BCUT2D eigenvalue weighted by molar-refractivity contribution is 8.14. The van der Waals surface area contributed by atoms with E-state index in [0.717, 1.165) is 40.1 Å². The van der Waals surface area contributed by atoms with Crippen LogP contribution >= 0.6 is 11.8 Å². The zero-order valence-corrected chi connectivity index (χ0v) is 23.6. The molecule has 0 unspecified atom stereocenters. The van der Waals surface area contributed by atoms with Crippen molar-refractivity contribution in [2.45, 2.75) is 24.2 Å². The Balaban J connectivity index is 1.42. The SMILES string of the molecule is C=COC(=O)CCOc1ccc(C(=O)Sc2ccc(-c3ccc(OC(=O)OCCCCOC(=O)C=C)cc3)cc2)cc1. The van der Waals surface area contributed by atoms with Gasteiger partial charge < -0.3 is 23.7 Å². The van der Waals surface area contributed by atoms with Gasteiger partial charge in [0.25, 0.3) is 0 Å². The summed E-state index contributed by atoms with van der Waals surface area (Å²) < 4.78 is 25.2. The topological polar surface area (TPSA) is 114 Å². The minimum absolute atomic E-state index is 0.0887. The molecule has 42 heavy (non-hydrogen) atoms. The van der Waals surface area contributed by atoms with Crippen LogP contribution < -0.4 is 9.47 Å². The van der Waals surface area contributed by atoms with Gasteiger partial charge in [-0.05, 0) is 84.3 Å². The summed E-state index contributed by atoms with van der Waals surface area (Å²) in [7, 11) is 0. The van der Waals surface area contributed by atoms with Crippen molar-refractivity contribution in [3.63, 3.8) is 0 Å². The Labute approximate surface area is 248 Å². The second-order valence-corrected chi connectivity index (χ2v) is 9.54. The van der Waals surface area contributed by atoms with Crippen molar-refractivity contribution in [2.24, 2.45) is 0 Å². The van der Waals surface area contributed by atoms with Gasteiger partial charge in [-0.1, -0.05) is 37.4 Å². The predicted octanol–water partition coefficient (Wildman–Crippen LogP) is 6.77. The summed E-state index contributed by atoms with van der Waals surface area (Å²) >= 11 is 1.11. The highest BCUT2D eigenvalue weighted by atomic mass is 32.2. The molecule has 9 nitrogen and oxygen atoms in total. The summed E-state index contributed by atoms with van der Waals surface area (Å²) in [6.07, 6.45) is 2.51. The Morgan fingerprint density at radius 2 is 1.31 bits per heavy atom. The lowest BCUT2D eigenvalue weighted by Gasteiger charge is -2.08. The lowest BCUT2D eigenvalue weighted by Crippen LogP contribution is -2.12. The summed E-state index contributed by atoms with van der Waals surface area (Å²) in [4.78, 5) is 47.7. The molecule has 0 saturated carbocycles. The first-order valence-electron chi connectivity index (χ1n) is 13.0. The summed E-state index contributed by atoms with van der Waals surface area (Å²) in [5, 5.41) is -0.117. The largest absolute Gasteiger partial charge is 0.513 e. The first-order chi connectivity index (χ1) is 20.4. The van der Waals surface area contributed by atoms with Crippen LogP contribution in [-0.4, -0.2) is 43.0 Å². The third-order valence-electron chi connectivity index (χ3n) is 5.50. The van der Waals surface area contributed by atoms with E-state index in [2.05, 4.69) is 17.9 Å². The molecule has 3 aromatic rings. The maximum atomic E-state index is 12.7. The molecular weight excluding hydrogens is 560 g/mol. The van der Waals surface area contributed by atoms with Crippen LogP contribution in [0.15, 0.2) is 103 Å². The highest BCUT2D eigenvalue weighted by Crippen LogP contribution is 2.28. The molecule has 3 rings (SSSR count). The van der Waals surface area contributed by atoms with Crippen LogP contribution in [0, 0.1) is 0 Å². The van der Waals surface area contributed by atoms with Gasteiger partial charge in [-0.25, -0.2) is 9.59 Å². The van der Waals surface area contributed by atoms with Gasteiger partial charge in [-0.2, -0.15) is 0 Å². The highest BCUT2D eigenvalue weighted by Gasteiger charge is 2.11. The third-order valence-corrected chi connectivity index (χ3v) is 6.43. The number of rotatable bonds is 15. The first-order valence-corrected chi connectivity index (χ1v) is 13.8. The molecule has 0 saturated heterocycles. The van der Waals surface area contributed by atoms with Crippen LogP contribution in [0.5, 0.6) is 11.5 Å².